The number of hydrogen-bond donors (Lipinski definition) is 1. The van der Waals surface area contributed by atoms with E-state index >= 15 is 0 Å². The van der Waals surface area contributed by atoms with E-state index in [9.17, 15) is 0 Å². The second-order valence-electron chi connectivity index (χ2n) is 4.90. The molecule has 0 aromatic heterocycles. The van der Waals surface area contributed by atoms with Gasteiger partial charge in [0.15, 0.2) is 11.5 Å². The number of methoxy groups -OCH3 is 1. The van der Waals surface area contributed by atoms with Gasteiger partial charge in [-0.2, -0.15) is 0 Å². The molecule has 0 fully saturated rings. The van der Waals surface area contributed by atoms with Gasteiger partial charge in [0.1, 0.15) is 6.61 Å². The fourth-order valence-electron chi connectivity index (χ4n) is 2.22. The van der Waals surface area contributed by atoms with Gasteiger partial charge in [-0.05, 0) is 31.7 Å². The summed E-state index contributed by atoms with van der Waals surface area (Å²) in [6.45, 7) is 3.32. The lowest BCUT2D eigenvalue weighted by atomic mass is 10.1. The normalized spacial score (nSPS) is 10.5. The van der Waals surface area contributed by atoms with Crippen LogP contribution in [0.4, 0.5) is 0 Å². The summed E-state index contributed by atoms with van der Waals surface area (Å²) in [6.07, 6.45) is 0. The first-order valence-corrected chi connectivity index (χ1v) is 7.62. The number of aryl methyl sites for hydroxylation is 1. The van der Waals surface area contributed by atoms with Crippen molar-refractivity contribution >= 4 is 15.9 Å². The third-order valence-electron chi connectivity index (χ3n) is 3.15. The Bertz CT molecular complexity index is 614. The summed E-state index contributed by atoms with van der Waals surface area (Å²) in [4.78, 5) is 0. The van der Waals surface area contributed by atoms with Crippen molar-refractivity contribution in [2.45, 2.75) is 20.1 Å². The number of ether oxygens (including phenoxy) is 2. The van der Waals surface area contributed by atoms with Crippen molar-refractivity contribution < 1.29 is 9.47 Å². The molecule has 21 heavy (non-hydrogen) atoms. The Morgan fingerprint density at radius 1 is 1.19 bits per heavy atom. The number of nitrogens with one attached hydrogen (secondary N) is 1. The Hall–Kier alpha value is -1.52. The number of halogens is 1. The first-order valence-electron chi connectivity index (χ1n) is 6.83. The van der Waals surface area contributed by atoms with Crippen molar-refractivity contribution in [3.05, 3.63) is 57.6 Å². The van der Waals surface area contributed by atoms with E-state index < -0.39 is 0 Å². The van der Waals surface area contributed by atoms with Crippen LogP contribution in [0.1, 0.15) is 16.7 Å². The molecule has 0 spiro atoms. The average Bonchev–Trinajstić information content (AvgIpc) is 2.46. The third-order valence-corrected chi connectivity index (χ3v) is 3.61. The summed E-state index contributed by atoms with van der Waals surface area (Å²) in [7, 11) is 3.57. The molecular formula is C17H20BrNO2. The highest BCUT2D eigenvalue weighted by molar-refractivity contribution is 9.10. The van der Waals surface area contributed by atoms with Crippen molar-refractivity contribution in [3.8, 4) is 11.5 Å². The molecule has 0 saturated carbocycles. The molecule has 0 unspecified atom stereocenters. The smallest absolute Gasteiger partial charge is 0.166 e. The molecule has 0 amide bonds. The Kier molecular flexibility index (Phi) is 5.65. The van der Waals surface area contributed by atoms with Crippen molar-refractivity contribution in [1.29, 1.82) is 0 Å². The topological polar surface area (TPSA) is 30.5 Å². The molecule has 2 aromatic carbocycles. The van der Waals surface area contributed by atoms with Gasteiger partial charge in [0.05, 0.1) is 7.11 Å². The minimum atomic E-state index is 0.524. The molecule has 1 N–H and O–H groups in total. The van der Waals surface area contributed by atoms with E-state index in [2.05, 4.69) is 46.4 Å². The lowest BCUT2D eigenvalue weighted by Crippen LogP contribution is -2.09. The van der Waals surface area contributed by atoms with Crippen LogP contribution in [0, 0.1) is 6.92 Å². The van der Waals surface area contributed by atoms with E-state index in [1.165, 1.54) is 5.56 Å². The van der Waals surface area contributed by atoms with E-state index in [4.69, 9.17) is 9.47 Å². The van der Waals surface area contributed by atoms with Crippen LogP contribution in [0.15, 0.2) is 40.9 Å². The molecule has 0 radical (unpaired) electrons. The van der Waals surface area contributed by atoms with Crippen LogP contribution in [0.25, 0.3) is 0 Å². The van der Waals surface area contributed by atoms with Crippen LogP contribution < -0.4 is 14.8 Å². The minimum absolute atomic E-state index is 0.524. The second-order valence-corrected chi connectivity index (χ2v) is 5.82. The van der Waals surface area contributed by atoms with Gasteiger partial charge in [-0.15, -0.1) is 0 Å². The van der Waals surface area contributed by atoms with E-state index in [1.54, 1.807) is 7.11 Å². The van der Waals surface area contributed by atoms with Gasteiger partial charge in [0.2, 0.25) is 0 Å². The number of hydrogen-bond acceptors (Lipinski definition) is 3. The summed E-state index contributed by atoms with van der Waals surface area (Å²) < 4.78 is 12.4. The second kappa shape index (κ2) is 7.48. The Balaban J connectivity index is 2.25. The first kappa shape index (κ1) is 15.9. The van der Waals surface area contributed by atoms with E-state index in [-0.39, 0.29) is 0 Å². The van der Waals surface area contributed by atoms with Crippen LogP contribution in [-0.4, -0.2) is 14.2 Å². The number of rotatable bonds is 6. The van der Waals surface area contributed by atoms with Crippen LogP contribution in [0.3, 0.4) is 0 Å². The van der Waals surface area contributed by atoms with Crippen LogP contribution in [0.5, 0.6) is 11.5 Å². The molecule has 0 heterocycles. The molecular weight excluding hydrogens is 330 g/mol. The lowest BCUT2D eigenvalue weighted by molar-refractivity contribution is 0.280. The molecule has 112 valence electrons. The Morgan fingerprint density at radius 2 is 2.00 bits per heavy atom. The molecule has 0 aliphatic rings. The average molecular weight is 350 g/mol. The lowest BCUT2D eigenvalue weighted by Gasteiger charge is -2.16. The van der Waals surface area contributed by atoms with Gasteiger partial charge in [-0.1, -0.05) is 45.8 Å². The molecule has 2 aromatic rings. The van der Waals surface area contributed by atoms with Crippen LogP contribution in [0.2, 0.25) is 0 Å². The molecule has 0 aliphatic heterocycles. The molecule has 4 heteroatoms. The first-order chi connectivity index (χ1) is 10.1. The molecule has 0 aliphatic carbocycles. The molecule has 2 rings (SSSR count). The third kappa shape index (κ3) is 4.22. The van der Waals surface area contributed by atoms with E-state index in [1.807, 2.05) is 25.2 Å². The molecule has 0 atom stereocenters. The molecule has 0 bridgehead atoms. The zero-order chi connectivity index (χ0) is 15.2. The van der Waals surface area contributed by atoms with Gasteiger partial charge in [0, 0.05) is 16.6 Å². The van der Waals surface area contributed by atoms with Crippen LogP contribution >= 0.6 is 15.9 Å². The fourth-order valence-corrected chi connectivity index (χ4v) is 2.70. The zero-order valence-electron chi connectivity index (χ0n) is 12.6. The van der Waals surface area contributed by atoms with E-state index in [0.29, 0.717) is 6.61 Å². The van der Waals surface area contributed by atoms with Crippen LogP contribution in [-0.2, 0) is 13.2 Å². The van der Waals surface area contributed by atoms with Gasteiger partial charge >= 0.3 is 0 Å². The largest absolute Gasteiger partial charge is 0.493 e. The minimum Gasteiger partial charge on any atom is -0.493 e. The predicted octanol–water partition coefficient (Wildman–Crippen LogP) is 4.06. The highest BCUT2D eigenvalue weighted by atomic mass is 79.9. The highest BCUT2D eigenvalue weighted by Gasteiger charge is 2.12. The molecule has 0 saturated heterocycles. The van der Waals surface area contributed by atoms with Crippen molar-refractivity contribution in [2.75, 3.05) is 14.2 Å². The molecule has 3 nitrogen and oxygen atoms in total. The highest BCUT2D eigenvalue weighted by Crippen LogP contribution is 2.35. The predicted molar refractivity (Wildman–Crippen MR) is 89.0 cm³/mol. The summed E-state index contributed by atoms with van der Waals surface area (Å²) >= 11 is 3.50. The van der Waals surface area contributed by atoms with Crippen molar-refractivity contribution in [3.63, 3.8) is 0 Å². The summed E-state index contributed by atoms with van der Waals surface area (Å²) in [6, 6.07) is 12.3. The van der Waals surface area contributed by atoms with Crippen molar-refractivity contribution in [2.24, 2.45) is 0 Å². The zero-order valence-corrected chi connectivity index (χ0v) is 14.2. The van der Waals surface area contributed by atoms with E-state index in [0.717, 1.165) is 33.6 Å². The summed E-state index contributed by atoms with van der Waals surface area (Å²) in [5, 5.41) is 3.15. The Morgan fingerprint density at radius 3 is 2.67 bits per heavy atom. The number of benzene rings is 2. The van der Waals surface area contributed by atoms with Gasteiger partial charge in [-0.3, -0.25) is 0 Å². The maximum Gasteiger partial charge on any atom is 0.166 e. The Labute approximate surface area is 134 Å². The maximum atomic E-state index is 6.02. The summed E-state index contributed by atoms with van der Waals surface area (Å²) in [5.74, 6) is 1.53. The van der Waals surface area contributed by atoms with Crippen molar-refractivity contribution in [1.82, 2.24) is 5.32 Å². The quantitative estimate of drug-likeness (QED) is 0.852. The monoisotopic (exact) mass is 349 g/mol. The summed E-state index contributed by atoms with van der Waals surface area (Å²) in [5.41, 5.74) is 3.45. The maximum absolute atomic E-state index is 6.02. The van der Waals surface area contributed by atoms with Gasteiger partial charge < -0.3 is 14.8 Å². The fraction of sp³-hybridized carbons (Fsp3) is 0.294. The standard InChI is InChI=1S/C17H20BrNO2/c1-12-5-4-6-13(7-12)11-21-17-14(10-19-2)8-15(18)9-16(17)20-3/h4-9,19H,10-11H2,1-3H3. The van der Waals surface area contributed by atoms with Gasteiger partial charge in [-0.25, -0.2) is 0 Å². The van der Waals surface area contributed by atoms with Gasteiger partial charge in [0.25, 0.3) is 0 Å². The SMILES string of the molecule is CNCc1cc(Br)cc(OC)c1OCc1cccc(C)c1.